The van der Waals surface area contributed by atoms with Gasteiger partial charge in [-0.1, -0.05) is 12.1 Å². The highest BCUT2D eigenvalue weighted by Gasteiger charge is 2.31. The minimum absolute atomic E-state index is 0.0778. The summed E-state index contributed by atoms with van der Waals surface area (Å²) in [6, 6.07) is 6.10. The molecule has 0 bridgehead atoms. The van der Waals surface area contributed by atoms with Crippen molar-refractivity contribution >= 4 is 35.5 Å². The molecule has 1 fully saturated rings. The lowest BCUT2D eigenvalue weighted by Gasteiger charge is -2.33. The molecule has 0 radical (unpaired) electrons. The predicted octanol–water partition coefficient (Wildman–Crippen LogP) is 0.890. The first-order valence-electron chi connectivity index (χ1n) is 8.99. The van der Waals surface area contributed by atoms with Crippen LogP contribution < -0.4 is 5.73 Å². The average molecular weight is 407 g/mol. The van der Waals surface area contributed by atoms with Crippen LogP contribution in [-0.2, 0) is 19.1 Å². The summed E-state index contributed by atoms with van der Waals surface area (Å²) in [5.74, 6) is -1.53. The lowest BCUT2D eigenvalue weighted by molar-refractivity contribution is -0.143. The van der Waals surface area contributed by atoms with Crippen LogP contribution in [0.4, 0.5) is 0 Å². The van der Waals surface area contributed by atoms with E-state index in [0.717, 1.165) is 12.8 Å². The van der Waals surface area contributed by atoms with Crippen LogP contribution in [0.5, 0.6) is 0 Å². The molecule has 28 heavy (non-hydrogen) atoms. The molecular weight excluding hydrogens is 382 g/mol. The maximum atomic E-state index is 12.5. The van der Waals surface area contributed by atoms with Crippen LogP contribution in [0, 0.1) is 0 Å². The van der Waals surface area contributed by atoms with Crippen LogP contribution >= 0.6 is 11.8 Å². The number of hydrogen-bond donors (Lipinski definition) is 1. The molecule has 2 N–H and O–H groups in total. The van der Waals surface area contributed by atoms with Gasteiger partial charge >= 0.3 is 5.97 Å². The number of likely N-dealkylation sites (tertiary alicyclic amines) is 1. The second-order valence-electron chi connectivity index (χ2n) is 6.65. The van der Waals surface area contributed by atoms with Crippen molar-refractivity contribution in [2.24, 2.45) is 5.73 Å². The molecule has 1 aliphatic heterocycles. The molecular formula is C19H25N3O5S. The van der Waals surface area contributed by atoms with Crippen molar-refractivity contribution in [1.29, 1.82) is 0 Å². The Balaban J connectivity index is 1.98. The molecule has 152 valence electrons. The maximum absolute atomic E-state index is 12.5. The highest BCUT2D eigenvalue weighted by Crippen LogP contribution is 2.24. The van der Waals surface area contributed by atoms with Crippen molar-refractivity contribution in [1.82, 2.24) is 9.80 Å². The van der Waals surface area contributed by atoms with Gasteiger partial charge in [0.1, 0.15) is 6.04 Å². The number of amides is 3. The number of ether oxygens (including phenoxy) is 1. The number of benzene rings is 1. The van der Waals surface area contributed by atoms with Gasteiger partial charge in [-0.25, -0.2) is 4.79 Å². The van der Waals surface area contributed by atoms with Crippen molar-refractivity contribution in [3.8, 4) is 0 Å². The highest BCUT2D eigenvalue weighted by molar-refractivity contribution is 8.00. The number of rotatable bonds is 7. The standard InChI is InChI=1S/C19H25N3O5S/c1-21(2)17(24)12-28-15-9-4-3-7-13(15)19(26)27-11-16(23)22-10-6-5-8-14(22)18(20)25/h3-4,7,9,14H,5-6,8,10-12H2,1-2H3,(H2,20,25)/t14-/m1/s1. The number of nitrogens with zero attached hydrogens (tertiary/aromatic N) is 2. The summed E-state index contributed by atoms with van der Waals surface area (Å²) in [5.41, 5.74) is 5.66. The summed E-state index contributed by atoms with van der Waals surface area (Å²) < 4.78 is 5.18. The smallest absolute Gasteiger partial charge is 0.339 e. The Labute approximate surface area is 168 Å². The third-order valence-electron chi connectivity index (χ3n) is 4.44. The molecule has 1 heterocycles. The summed E-state index contributed by atoms with van der Waals surface area (Å²) >= 11 is 1.23. The fraction of sp³-hybridized carbons (Fsp3) is 0.474. The van der Waals surface area contributed by atoms with E-state index >= 15 is 0 Å². The van der Waals surface area contributed by atoms with Crippen molar-refractivity contribution in [2.45, 2.75) is 30.2 Å². The third kappa shape index (κ3) is 5.72. The predicted molar refractivity (Wildman–Crippen MR) is 105 cm³/mol. The van der Waals surface area contributed by atoms with Crippen LogP contribution in [0.2, 0.25) is 0 Å². The number of piperidine rings is 1. The number of thioether (sulfide) groups is 1. The second-order valence-corrected chi connectivity index (χ2v) is 7.67. The van der Waals surface area contributed by atoms with E-state index in [2.05, 4.69) is 0 Å². The number of carbonyl (C=O) groups excluding carboxylic acids is 4. The van der Waals surface area contributed by atoms with Crippen molar-refractivity contribution in [3.05, 3.63) is 29.8 Å². The summed E-state index contributed by atoms with van der Waals surface area (Å²) in [6.45, 7) is -0.0404. The van der Waals surface area contributed by atoms with Gasteiger partial charge in [0.05, 0.1) is 11.3 Å². The van der Waals surface area contributed by atoms with E-state index in [4.69, 9.17) is 10.5 Å². The molecule has 8 nitrogen and oxygen atoms in total. The van der Waals surface area contributed by atoms with Gasteiger partial charge in [0.2, 0.25) is 11.8 Å². The van der Waals surface area contributed by atoms with Gasteiger partial charge in [-0.05, 0) is 31.4 Å². The van der Waals surface area contributed by atoms with E-state index in [1.165, 1.54) is 21.6 Å². The zero-order chi connectivity index (χ0) is 20.7. The van der Waals surface area contributed by atoms with Crippen LogP contribution in [-0.4, -0.2) is 72.5 Å². The molecule has 0 aliphatic carbocycles. The van der Waals surface area contributed by atoms with E-state index in [1.807, 2.05) is 0 Å². The monoisotopic (exact) mass is 407 g/mol. The molecule has 1 atom stereocenters. The first-order chi connectivity index (χ1) is 13.3. The lowest BCUT2D eigenvalue weighted by Crippen LogP contribution is -2.51. The van der Waals surface area contributed by atoms with Crippen molar-refractivity contribution in [2.75, 3.05) is 33.0 Å². The number of primary amides is 1. The summed E-state index contributed by atoms with van der Waals surface area (Å²) in [5, 5.41) is 0. The van der Waals surface area contributed by atoms with E-state index in [0.29, 0.717) is 17.9 Å². The Morgan fingerprint density at radius 2 is 1.93 bits per heavy atom. The Morgan fingerprint density at radius 1 is 1.21 bits per heavy atom. The molecule has 1 aromatic rings. The average Bonchev–Trinajstić information content (AvgIpc) is 2.69. The van der Waals surface area contributed by atoms with E-state index in [1.54, 1.807) is 38.4 Å². The number of esters is 1. The quantitative estimate of drug-likeness (QED) is 0.531. The van der Waals surface area contributed by atoms with Crippen LogP contribution in [0.3, 0.4) is 0 Å². The lowest BCUT2D eigenvalue weighted by atomic mass is 10.0. The number of nitrogens with two attached hydrogens (primary N) is 1. The Bertz CT molecular complexity index is 753. The fourth-order valence-corrected chi connectivity index (χ4v) is 3.86. The minimum atomic E-state index is -0.653. The SMILES string of the molecule is CN(C)C(=O)CSc1ccccc1C(=O)OCC(=O)N1CCCC[C@@H]1C(N)=O. The second kappa shape index (κ2) is 10.1. The summed E-state index contributed by atoms with van der Waals surface area (Å²) in [4.78, 5) is 51.6. The summed E-state index contributed by atoms with van der Waals surface area (Å²) in [7, 11) is 3.32. The maximum Gasteiger partial charge on any atom is 0.339 e. The van der Waals surface area contributed by atoms with Crippen molar-refractivity contribution in [3.63, 3.8) is 0 Å². The van der Waals surface area contributed by atoms with Gasteiger partial charge in [0, 0.05) is 25.5 Å². The zero-order valence-corrected chi connectivity index (χ0v) is 16.9. The summed E-state index contributed by atoms with van der Waals surface area (Å²) in [6.07, 6.45) is 2.13. The van der Waals surface area contributed by atoms with Crippen molar-refractivity contribution < 1.29 is 23.9 Å². The first-order valence-corrected chi connectivity index (χ1v) is 9.97. The number of carbonyl (C=O) groups is 4. The van der Waals surface area contributed by atoms with E-state index < -0.39 is 30.4 Å². The topological polar surface area (TPSA) is 110 Å². The van der Waals surface area contributed by atoms with Gasteiger partial charge in [-0.2, -0.15) is 0 Å². The van der Waals surface area contributed by atoms with Crippen LogP contribution in [0.1, 0.15) is 29.6 Å². The molecule has 0 aromatic heterocycles. The largest absolute Gasteiger partial charge is 0.452 e. The Hall–Kier alpha value is -2.55. The fourth-order valence-electron chi connectivity index (χ4n) is 2.84. The van der Waals surface area contributed by atoms with E-state index in [-0.39, 0.29) is 17.2 Å². The Kier molecular flexibility index (Phi) is 7.86. The van der Waals surface area contributed by atoms with Crippen LogP contribution in [0.25, 0.3) is 0 Å². The van der Waals surface area contributed by atoms with Gasteiger partial charge in [-0.3, -0.25) is 14.4 Å². The van der Waals surface area contributed by atoms with Gasteiger partial charge in [0.25, 0.3) is 5.91 Å². The molecule has 1 aliphatic rings. The zero-order valence-electron chi connectivity index (χ0n) is 16.1. The molecule has 2 rings (SSSR count). The third-order valence-corrected chi connectivity index (χ3v) is 5.49. The van der Waals surface area contributed by atoms with Gasteiger partial charge < -0.3 is 20.3 Å². The molecule has 9 heteroatoms. The molecule has 0 spiro atoms. The van der Waals surface area contributed by atoms with Crippen LogP contribution in [0.15, 0.2) is 29.2 Å². The highest BCUT2D eigenvalue weighted by atomic mass is 32.2. The normalized spacial score (nSPS) is 16.4. The molecule has 0 unspecified atom stereocenters. The van der Waals surface area contributed by atoms with E-state index in [9.17, 15) is 19.2 Å². The first kappa shape index (κ1) is 21.7. The van der Waals surface area contributed by atoms with Gasteiger partial charge in [0.15, 0.2) is 6.61 Å². The van der Waals surface area contributed by atoms with Gasteiger partial charge in [-0.15, -0.1) is 11.8 Å². The number of hydrogen-bond acceptors (Lipinski definition) is 6. The molecule has 0 saturated carbocycles. The minimum Gasteiger partial charge on any atom is -0.452 e. The molecule has 1 aromatic carbocycles. The Morgan fingerprint density at radius 3 is 2.61 bits per heavy atom. The molecule has 1 saturated heterocycles. The molecule has 3 amide bonds.